The number of aromatic nitrogens is 2. The standard InChI is InChI=1S/C54H66N2S4/c1-5-9-13-17-21-41-25-29-49(57-41)51-33-31-47(59-51)39-23-27-43-45(37-39)55(35-19-15-11-7-3)54-44-28-24-40(38-46(44)56(53(43)54)36-20-16-12-8-4)48-32-34-52(60-48)50-30-26-42(58-50)22-18-14-10-6-2/h23-34,37-38H,5-22,35-36H2,1-4H3. The zero-order chi connectivity index (χ0) is 41.3. The van der Waals surface area contributed by atoms with Gasteiger partial charge in [-0.2, -0.15) is 0 Å². The van der Waals surface area contributed by atoms with E-state index in [1.165, 1.54) is 199 Å². The third-order valence-corrected chi connectivity index (χ3v) is 17.4. The van der Waals surface area contributed by atoms with Crippen LogP contribution in [-0.4, -0.2) is 9.13 Å². The van der Waals surface area contributed by atoms with Crippen molar-refractivity contribution in [1.82, 2.24) is 9.13 Å². The minimum Gasteiger partial charge on any atom is -0.339 e. The van der Waals surface area contributed by atoms with Crippen LogP contribution in [-0.2, 0) is 25.9 Å². The van der Waals surface area contributed by atoms with Gasteiger partial charge in [-0.25, -0.2) is 0 Å². The van der Waals surface area contributed by atoms with Crippen molar-refractivity contribution in [2.45, 2.75) is 156 Å². The summed E-state index contributed by atoms with van der Waals surface area (Å²) in [6.07, 6.45) is 23.1. The van der Waals surface area contributed by atoms with E-state index >= 15 is 0 Å². The Labute approximate surface area is 376 Å². The fraction of sp³-hybridized carbons (Fsp3) is 0.444. The van der Waals surface area contributed by atoms with E-state index < -0.39 is 0 Å². The van der Waals surface area contributed by atoms with E-state index in [9.17, 15) is 0 Å². The molecule has 0 fully saturated rings. The maximum absolute atomic E-state index is 2.72. The normalized spacial score (nSPS) is 12.0. The predicted octanol–water partition coefficient (Wildman–Crippen LogP) is 19.1. The van der Waals surface area contributed by atoms with Gasteiger partial charge in [0.2, 0.25) is 0 Å². The fourth-order valence-corrected chi connectivity index (χ4v) is 13.4. The van der Waals surface area contributed by atoms with Gasteiger partial charge in [-0.1, -0.05) is 129 Å². The van der Waals surface area contributed by atoms with E-state index in [0.29, 0.717) is 0 Å². The lowest BCUT2D eigenvalue weighted by atomic mass is 10.1. The highest BCUT2D eigenvalue weighted by Gasteiger charge is 2.22. The summed E-state index contributed by atoms with van der Waals surface area (Å²) in [6.45, 7) is 11.3. The van der Waals surface area contributed by atoms with Gasteiger partial charge in [0.05, 0.1) is 22.1 Å². The summed E-state index contributed by atoms with van der Waals surface area (Å²) in [5.74, 6) is 0. The Balaban J connectivity index is 1.15. The SMILES string of the molecule is CCCCCCc1ccc(-c2ccc(-c3ccc4c(c3)n(CCCCCC)c3c5ccc(-c6ccc(-c7ccc(CCCCCC)s7)s6)cc5n(CCCCCC)c43)s2)s1. The number of hydrogen-bond donors (Lipinski definition) is 0. The van der Waals surface area contributed by atoms with Crippen LogP contribution < -0.4 is 0 Å². The van der Waals surface area contributed by atoms with Crippen LogP contribution in [0.5, 0.6) is 0 Å². The molecule has 8 rings (SSSR count). The summed E-state index contributed by atoms with van der Waals surface area (Å²) in [5, 5.41) is 2.81. The number of hydrogen-bond acceptors (Lipinski definition) is 4. The number of aryl methyl sites for hydroxylation is 4. The zero-order valence-corrected chi connectivity index (χ0v) is 40.0. The molecule has 6 heterocycles. The smallest absolute Gasteiger partial charge is 0.0754 e. The summed E-state index contributed by atoms with van der Waals surface area (Å²) in [4.78, 5) is 11.4. The number of fused-ring (bicyclic) bond motifs is 5. The zero-order valence-electron chi connectivity index (χ0n) is 36.8. The average Bonchev–Trinajstić information content (AvgIpc) is 4.14. The van der Waals surface area contributed by atoms with Crippen LogP contribution in [0.1, 0.15) is 140 Å². The fourth-order valence-electron chi connectivity index (χ4n) is 9.11. The Morgan fingerprint density at radius 1 is 0.350 bits per heavy atom. The second kappa shape index (κ2) is 21.1. The summed E-state index contributed by atoms with van der Waals surface area (Å²) in [6, 6.07) is 33.7. The van der Waals surface area contributed by atoms with Crippen LogP contribution in [0, 0.1) is 0 Å². The van der Waals surface area contributed by atoms with Crippen molar-refractivity contribution in [2.75, 3.05) is 0 Å². The summed E-state index contributed by atoms with van der Waals surface area (Å²) < 4.78 is 5.43. The second-order valence-electron chi connectivity index (χ2n) is 17.1. The molecule has 2 nitrogen and oxygen atoms in total. The molecule has 0 amide bonds. The molecule has 2 aromatic carbocycles. The first-order chi connectivity index (χ1) is 29.6. The van der Waals surface area contributed by atoms with Gasteiger partial charge >= 0.3 is 0 Å². The molecule has 316 valence electrons. The van der Waals surface area contributed by atoms with Crippen LogP contribution in [0.25, 0.3) is 73.2 Å². The molecule has 8 aromatic rings. The first-order valence-corrected chi connectivity index (χ1v) is 26.8. The molecule has 0 radical (unpaired) electrons. The van der Waals surface area contributed by atoms with Crippen molar-refractivity contribution < 1.29 is 0 Å². The van der Waals surface area contributed by atoms with Crippen molar-refractivity contribution in [3.8, 4) is 40.4 Å². The molecular formula is C54H66N2S4. The number of thiophene rings is 4. The molecule has 6 aromatic heterocycles. The molecular weight excluding hydrogens is 805 g/mol. The van der Waals surface area contributed by atoms with Crippen LogP contribution >= 0.6 is 45.3 Å². The molecule has 60 heavy (non-hydrogen) atoms. The maximum Gasteiger partial charge on any atom is 0.0754 e. The molecule has 0 bridgehead atoms. The van der Waals surface area contributed by atoms with E-state index in [1.807, 2.05) is 45.3 Å². The van der Waals surface area contributed by atoms with E-state index in [0.717, 1.165) is 13.1 Å². The van der Waals surface area contributed by atoms with E-state index in [1.54, 1.807) is 0 Å². The minimum atomic E-state index is 1.06. The molecule has 0 unspecified atom stereocenters. The van der Waals surface area contributed by atoms with Crippen LogP contribution in [0.15, 0.2) is 84.9 Å². The molecule has 0 aliphatic carbocycles. The van der Waals surface area contributed by atoms with Crippen molar-refractivity contribution in [1.29, 1.82) is 0 Å². The predicted molar refractivity (Wildman–Crippen MR) is 272 cm³/mol. The lowest BCUT2D eigenvalue weighted by Gasteiger charge is -2.10. The van der Waals surface area contributed by atoms with Crippen molar-refractivity contribution in [3.05, 3.63) is 94.7 Å². The largest absolute Gasteiger partial charge is 0.339 e. The maximum atomic E-state index is 2.72. The number of nitrogens with zero attached hydrogens (tertiary/aromatic N) is 2. The molecule has 0 saturated carbocycles. The summed E-state index contributed by atoms with van der Waals surface area (Å²) >= 11 is 7.90. The Kier molecular flexibility index (Phi) is 15.2. The topological polar surface area (TPSA) is 9.86 Å². The average molecular weight is 871 g/mol. The Morgan fingerprint density at radius 2 is 0.717 bits per heavy atom. The molecule has 0 aliphatic heterocycles. The Hall–Kier alpha value is -3.42. The number of rotatable bonds is 24. The number of benzene rings is 2. The van der Waals surface area contributed by atoms with Gasteiger partial charge in [-0.05, 0) is 110 Å². The first-order valence-electron chi connectivity index (χ1n) is 23.6. The summed E-state index contributed by atoms with van der Waals surface area (Å²) in [7, 11) is 0. The van der Waals surface area contributed by atoms with Gasteiger partial charge in [0.15, 0.2) is 0 Å². The minimum absolute atomic E-state index is 1.06. The molecule has 0 spiro atoms. The lowest BCUT2D eigenvalue weighted by Crippen LogP contribution is -1.98. The van der Waals surface area contributed by atoms with E-state index in [2.05, 4.69) is 122 Å². The molecule has 0 atom stereocenters. The van der Waals surface area contributed by atoms with E-state index in [-0.39, 0.29) is 0 Å². The van der Waals surface area contributed by atoms with Gasteiger partial charge in [0, 0.05) is 62.9 Å². The van der Waals surface area contributed by atoms with Crippen LogP contribution in [0.2, 0.25) is 0 Å². The Bertz CT molecular complexity index is 2400. The Morgan fingerprint density at radius 3 is 1.13 bits per heavy atom. The molecule has 0 aliphatic rings. The van der Waals surface area contributed by atoms with E-state index in [4.69, 9.17) is 0 Å². The summed E-state index contributed by atoms with van der Waals surface area (Å²) in [5.41, 5.74) is 8.34. The van der Waals surface area contributed by atoms with Gasteiger partial charge < -0.3 is 9.13 Å². The lowest BCUT2D eigenvalue weighted by molar-refractivity contribution is 0.600. The van der Waals surface area contributed by atoms with Gasteiger partial charge in [0.25, 0.3) is 0 Å². The monoisotopic (exact) mass is 870 g/mol. The highest BCUT2D eigenvalue weighted by Crippen LogP contribution is 2.44. The molecule has 0 saturated heterocycles. The van der Waals surface area contributed by atoms with Crippen LogP contribution in [0.3, 0.4) is 0 Å². The molecule has 6 heteroatoms. The van der Waals surface area contributed by atoms with Crippen molar-refractivity contribution in [2.24, 2.45) is 0 Å². The third kappa shape index (κ3) is 9.78. The van der Waals surface area contributed by atoms with Crippen molar-refractivity contribution in [3.63, 3.8) is 0 Å². The second-order valence-corrected chi connectivity index (χ2v) is 21.6. The van der Waals surface area contributed by atoms with Crippen LogP contribution in [0.4, 0.5) is 0 Å². The van der Waals surface area contributed by atoms with Gasteiger partial charge in [-0.3, -0.25) is 0 Å². The van der Waals surface area contributed by atoms with Gasteiger partial charge in [0.1, 0.15) is 0 Å². The first kappa shape index (κ1) is 43.2. The van der Waals surface area contributed by atoms with Gasteiger partial charge in [-0.15, -0.1) is 45.3 Å². The molecule has 0 N–H and O–H groups in total. The number of unbranched alkanes of at least 4 members (excludes halogenated alkanes) is 12. The van der Waals surface area contributed by atoms with Crippen molar-refractivity contribution >= 4 is 78.2 Å². The quantitative estimate of drug-likeness (QED) is 0.0536. The third-order valence-electron chi connectivity index (χ3n) is 12.5. The highest BCUT2D eigenvalue weighted by atomic mass is 32.1. The highest BCUT2D eigenvalue weighted by molar-refractivity contribution is 7.24.